The topological polar surface area (TPSA) is 20.3 Å². The number of hydrogen-bond donors (Lipinski definition) is 0. The van der Waals surface area contributed by atoms with E-state index in [1.165, 1.54) is 25.3 Å². The fraction of sp³-hybridized carbons (Fsp3) is 0.588. The van der Waals surface area contributed by atoms with E-state index in [0.29, 0.717) is 12.0 Å². The summed E-state index contributed by atoms with van der Waals surface area (Å²) in [5.41, 5.74) is 0.264. The standard InChI is InChI=1S/C17H21F2NO/c1-11(17(21)13-6-7-14(18)15(19)10-13)20-9-8-12-4-2-3-5-16(12)20/h6-7,10-12,16H,2-5,8-9H2,1H3. The molecule has 3 atom stereocenters. The summed E-state index contributed by atoms with van der Waals surface area (Å²) in [5.74, 6) is -1.27. The van der Waals surface area contributed by atoms with E-state index in [4.69, 9.17) is 0 Å². The van der Waals surface area contributed by atoms with Crippen LogP contribution in [0.1, 0.15) is 49.4 Å². The average Bonchev–Trinajstić information content (AvgIpc) is 2.92. The van der Waals surface area contributed by atoms with Gasteiger partial charge in [0, 0.05) is 11.6 Å². The summed E-state index contributed by atoms with van der Waals surface area (Å²) in [5, 5.41) is 0. The molecule has 1 aliphatic heterocycles. The Morgan fingerprint density at radius 2 is 1.95 bits per heavy atom. The highest BCUT2D eigenvalue weighted by Crippen LogP contribution is 2.37. The molecule has 1 aliphatic carbocycles. The third kappa shape index (κ3) is 2.73. The third-order valence-corrected chi connectivity index (χ3v) is 5.13. The van der Waals surface area contributed by atoms with Gasteiger partial charge in [-0.05, 0) is 56.8 Å². The van der Waals surface area contributed by atoms with Gasteiger partial charge in [0.05, 0.1) is 6.04 Å². The zero-order valence-corrected chi connectivity index (χ0v) is 12.3. The number of ketones is 1. The van der Waals surface area contributed by atoms with E-state index in [0.717, 1.165) is 31.5 Å². The lowest BCUT2D eigenvalue weighted by molar-refractivity contribution is 0.0770. The molecule has 1 saturated heterocycles. The van der Waals surface area contributed by atoms with E-state index in [9.17, 15) is 13.6 Å². The molecule has 0 N–H and O–H groups in total. The highest BCUT2D eigenvalue weighted by molar-refractivity contribution is 5.99. The van der Waals surface area contributed by atoms with Crippen LogP contribution in [0, 0.1) is 17.6 Å². The maximum absolute atomic E-state index is 13.3. The third-order valence-electron chi connectivity index (χ3n) is 5.13. The fourth-order valence-corrected chi connectivity index (χ4v) is 3.96. The number of hydrogen-bond acceptors (Lipinski definition) is 2. The molecule has 3 unspecified atom stereocenters. The Morgan fingerprint density at radius 1 is 1.19 bits per heavy atom. The molecule has 0 bridgehead atoms. The average molecular weight is 293 g/mol. The summed E-state index contributed by atoms with van der Waals surface area (Å²) in [4.78, 5) is 14.8. The van der Waals surface area contributed by atoms with Crippen LogP contribution in [0.3, 0.4) is 0 Å². The van der Waals surface area contributed by atoms with Crippen molar-refractivity contribution in [1.82, 2.24) is 4.90 Å². The van der Waals surface area contributed by atoms with Gasteiger partial charge in [0.2, 0.25) is 0 Å². The zero-order valence-electron chi connectivity index (χ0n) is 12.3. The number of Topliss-reactive ketones (excluding diaryl/α,β-unsaturated/α-hetero) is 1. The van der Waals surface area contributed by atoms with Crippen LogP contribution >= 0.6 is 0 Å². The Labute approximate surface area is 124 Å². The van der Waals surface area contributed by atoms with Gasteiger partial charge in [-0.25, -0.2) is 8.78 Å². The van der Waals surface area contributed by atoms with Crippen molar-refractivity contribution in [2.24, 2.45) is 5.92 Å². The van der Waals surface area contributed by atoms with E-state index in [-0.39, 0.29) is 17.4 Å². The summed E-state index contributed by atoms with van der Waals surface area (Å²) in [6.45, 7) is 2.83. The van der Waals surface area contributed by atoms with Gasteiger partial charge in [-0.3, -0.25) is 9.69 Å². The monoisotopic (exact) mass is 293 g/mol. The predicted molar refractivity (Wildman–Crippen MR) is 77.2 cm³/mol. The van der Waals surface area contributed by atoms with Gasteiger partial charge in [-0.15, -0.1) is 0 Å². The summed E-state index contributed by atoms with van der Waals surface area (Å²) in [6, 6.07) is 3.66. The molecule has 1 aromatic carbocycles. The number of carbonyl (C=O) groups excluding carboxylic acids is 1. The first-order chi connectivity index (χ1) is 10.1. The van der Waals surface area contributed by atoms with Gasteiger partial charge in [0.1, 0.15) is 0 Å². The predicted octanol–water partition coefficient (Wildman–Crippen LogP) is 3.80. The minimum absolute atomic E-state index is 0.111. The Hall–Kier alpha value is -1.29. The molecule has 21 heavy (non-hydrogen) atoms. The summed E-state index contributed by atoms with van der Waals surface area (Å²) in [7, 11) is 0. The molecule has 4 heteroatoms. The second-order valence-corrected chi connectivity index (χ2v) is 6.31. The van der Waals surface area contributed by atoms with Gasteiger partial charge in [0.15, 0.2) is 17.4 Å². The van der Waals surface area contributed by atoms with Crippen LogP contribution in [0.2, 0.25) is 0 Å². The SMILES string of the molecule is CC(C(=O)c1ccc(F)c(F)c1)N1CCC2CCCCC21. The molecule has 1 aromatic rings. The van der Waals surface area contributed by atoms with Crippen molar-refractivity contribution in [3.63, 3.8) is 0 Å². The van der Waals surface area contributed by atoms with E-state index >= 15 is 0 Å². The van der Waals surface area contributed by atoms with Crippen molar-refractivity contribution in [2.75, 3.05) is 6.54 Å². The number of likely N-dealkylation sites (tertiary alicyclic amines) is 1. The number of carbonyl (C=O) groups is 1. The molecular formula is C17H21F2NO. The van der Waals surface area contributed by atoms with E-state index in [1.807, 2.05) is 6.92 Å². The minimum atomic E-state index is -0.954. The molecule has 2 aliphatic rings. The Kier molecular flexibility index (Phi) is 4.07. The van der Waals surface area contributed by atoms with Crippen molar-refractivity contribution < 1.29 is 13.6 Å². The van der Waals surface area contributed by atoms with Crippen LogP contribution in [0.4, 0.5) is 8.78 Å². The molecule has 114 valence electrons. The molecule has 0 amide bonds. The lowest BCUT2D eigenvalue weighted by atomic mass is 9.85. The van der Waals surface area contributed by atoms with Crippen LogP contribution < -0.4 is 0 Å². The van der Waals surface area contributed by atoms with Crippen molar-refractivity contribution in [1.29, 1.82) is 0 Å². The number of fused-ring (bicyclic) bond motifs is 1. The Morgan fingerprint density at radius 3 is 2.71 bits per heavy atom. The van der Waals surface area contributed by atoms with E-state index in [2.05, 4.69) is 4.90 Å². The molecular weight excluding hydrogens is 272 g/mol. The molecule has 1 saturated carbocycles. The summed E-state index contributed by atoms with van der Waals surface area (Å²) >= 11 is 0. The van der Waals surface area contributed by atoms with Crippen molar-refractivity contribution in [3.8, 4) is 0 Å². The number of benzene rings is 1. The minimum Gasteiger partial charge on any atom is -0.292 e. The molecule has 0 aromatic heterocycles. The van der Waals surface area contributed by atoms with Crippen LogP contribution in [-0.4, -0.2) is 29.3 Å². The lowest BCUT2D eigenvalue weighted by Gasteiger charge is -2.35. The van der Waals surface area contributed by atoms with Crippen LogP contribution in [0.15, 0.2) is 18.2 Å². The highest BCUT2D eigenvalue weighted by atomic mass is 19.2. The van der Waals surface area contributed by atoms with Gasteiger partial charge < -0.3 is 0 Å². The van der Waals surface area contributed by atoms with E-state index in [1.54, 1.807) is 0 Å². The van der Waals surface area contributed by atoms with Gasteiger partial charge in [0.25, 0.3) is 0 Å². The summed E-state index contributed by atoms with van der Waals surface area (Å²) in [6.07, 6.45) is 6.08. The maximum atomic E-state index is 13.3. The van der Waals surface area contributed by atoms with Crippen LogP contribution in [0.5, 0.6) is 0 Å². The first-order valence-corrected chi connectivity index (χ1v) is 7.83. The normalized spacial score (nSPS) is 27.4. The highest BCUT2D eigenvalue weighted by Gasteiger charge is 2.39. The summed E-state index contributed by atoms with van der Waals surface area (Å²) < 4.78 is 26.3. The molecule has 1 heterocycles. The molecule has 2 fully saturated rings. The first kappa shape index (κ1) is 14.6. The molecule has 0 spiro atoms. The number of halogens is 2. The molecule has 2 nitrogen and oxygen atoms in total. The lowest BCUT2D eigenvalue weighted by Crippen LogP contribution is -2.44. The first-order valence-electron chi connectivity index (χ1n) is 7.83. The van der Waals surface area contributed by atoms with Crippen molar-refractivity contribution >= 4 is 5.78 Å². The van der Waals surface area contributed by atoms with Gasteiger partial charge in [-0.2, -0.15) is 0 Å². The zero-order chi connectivity index (χ0) is 15.0. The smallest absolute Gasteiger partial charge is 0.179 e. The van der Waals surface area contributed by atoms with Gasteiger partial charge >= 0.3 is 0 Å². The van der Waals surface area contributed by atoms with Crippen molar-refractivity contribution in [3.05, 3.63) is 35.4 Å². The second kappa shape index (κ2) is 5.84. The van der Waals surface area contributed by atoms with Crippen LogP contribution in [0.25, 0.3) is 0 Å². The number of nitrogens with zero attached hydrogens (tertiary/aromatic N) is 1. The largest absolute Gasteiger partial charge is 0.292 e. The Balaban J connectivity index is 1.76. The van der Waals surface area contributed by atoms with Gasteiger partial charge in [-0.1, -0.05) is 12.8 Å². The Bertz CT molecular complexity index is 546. The van der Waals surface area contributed by atoms with E-state index < -0.39 is 11.6 Å². The molecule has 3 rings (SSSR count). The fourth-order valence-electron chi connectivity index (χ4n) is 3.96. The number of rotatable bonds is 3. The molecule has 0 radical (unpaired) electrons. The van der Waals surface area contributed by atoms with Crippen molar-refractivity contribution in [2.45, 2.75) is 51.1 Å². The maximum Gasteiger partial charge on any atom is 0.179 e. The van der Waals surface area contributed by atoms with Crippen LogP contribution in [-0.2, 0) is 0 Å². The second-order valence-electron chi connectivity index (χ2n) is 6.31. The quantitative estimate of drug-likeness (QED) is 0.790.